The lowest BCUT2D eigenvalue weighted by atomic mass is 10.00. The molecule has 98 valence electrons. The Bertz CT molecular complexity index is 638. The summed E-state index contributed by atoms with van der Waals surface area (Å²) in [6.45, 7) is 0.582. The van der Waals surface area contributed by atoms with E-state index in [9.17, 15) is 4.79 Å². The normalized spacial score (nSPS) is 13.7. The molecule has 2 N–H and O–H groups in total. The van der Waals surface area contributed by atoms with Crippen LogP contribution in [0.2, 0.25) is 5.02 Å². The molecule has 0 saturated carbocycles. The van der Waals surface area contributed by atoms with Crippen LogP contribution in [0, 0.1) is 0 Å². The molecule has 0 aliphatic carbocycles. The van der Waals surface area contributed by atoms with Crippen LogP contribution in [0.25, 0.3) is 0 Å². The minimum Gasteiger partial charge on any atom is -0.492 e. The van der Waals surface area contributed by atoms with Gasteiger partial charge in [-0.1, -0.05) is 11.6 Å². The number of halogens is 1. The summed E-state index contributed by atoms with van der Waals surface area (Å²) >= 11 is 6.10. The molecule has 6 heteroatoms. The summed E-state index contributed by atoms with van der Waals surface area (Å²) in [7, 11) is 0. The second kappa shape index (κ2) is 4.59. The van der Waals surface area contributed by atoms with E-state index in [0.29, 0.717) is 28.6 Å². The van der Waals surface area contributed by atoms with E-state index in [2.05, 4.69) is 4.98 Å². The number of carbonyl (C=O) groups excluding carboxylic acids is 1. The summed E-state index contributed by atoms with van der Waals surface area (Å²) < 4.78 is 7.01. The van der Waals surface area contributed by atoms with Gasteiger partial charge in [-0.05, 0) is 18.9 Å². The first-order chi connectivity index (χ1) is 9.18. The molecule has 0 amide bonds. The largest absolute Gasteiger partial charge is 0.492 e. The minimum atomic E-state index is -0.224. The van der Waals surface area contributed by atoms with Crippen molar-refractivity contribution in [3.63, 3.8) is 0 Å². The summed E-state index contributed by atoms with van der Waals surface area (Å²) in [6.07, 6.45) is 6.22. The number of nitrogen functional groups attached to an aromatic ring is 1. The molecular formula is C13H12ClN3O2. The first-order valence-electron chi connectivity index (χ1n) is 5.95. The average Bonchev–Trinajstić information content (AvgIpc) is 2.96. The minimum absolute atomic E-state index is 0.224. The van der Waals surface area contributed by atoms with Crippen LogP contribution in [0.15, 0.2) is 24.8 Å². The zero-order valence-corrected chi connectivity index (χ0v) is 10.9. The maximum absolute atomic E-state index is 12.4. The number of nitrogens with two attached hydrogens (primary N) is 1. The third-order valence-electron chi connectivity index (χ3n) is 3.16. The Labute approximate surface area is 114 Å². The molecule has 19 heavy (non-hydrogen) atoms. The standard InChI is InChI=1S/C13H12ClN3O2/c14-10-6-9(13(18)17-4-3-16-7-17)12-8(11(10)15)2-1-5-19-12/h3-4,6-7H,1-2,5,15H2. The molecule has 1 aromatic heterocycles. The summed E-state index contributed by atoms with van der Waals surface area (Å²) in [5, 5.41) is 0.382. The number of aromatic nitrogens is 2. The predicted molar refractivity (Wildman–Crippen MR) is 71.6 cm³/mol. The number of anilines is 1. The van der Waals surface area contributed by atoms with Crippen LogP contribution >= 0.6 is 11.6 Å². The number of hydrogen-bond acceptors (Lipinski definition) is 4. The highest BCUT2D eigenvalue weighted by Crippen LogP contribution is 2.38. The van der Waals surface area contributed by atoms with Gasteiger partial charge in [-0.2, -0.15) is 0 Å². The van der Waals surface area contributed by atoms with Crippen molar-refractivity contribution in [2.24, 2.45) is 0 Å². The summed E-state index contributed by atoms with van der Waals surface area (Å²) in [4.78, 5) is 16.3. The first kappa shape index (κ1) is 12.0. The Balaban J connectivity index is 2.16. The molecule has 1 aromatic carbocycles. The third-order valence-corrected chi connectivity index (χ3v) is 3.47. The molecule has 1 aliphatic rings. The Morgan fingerprint density at radius 1 is 1.53 bits per heavy atom. The van der Waals surface area contributed by atoms with Gasteiger partial charge >= 0.3 is 0 Å². The van der Waals surface area contributed by atoms with Crippen LogP contribution < -0.4 is 10.5 Å². The van der Waals surface area contributed by atoms with Gasteiger partial charge in [-0.3, -0.25) is 9.36 Å². The van der Waals surface area contributed by atoms with Crippen LogP contribution in [-0.4, -0.2) is 22.1 Å². The van der Waals surface area contributed by atoms with E-state index in [1.54, 1.807) is 18.5 Å². The fourth-order valence-corrected chi connectivity index (χ4v) is 2.44. The van der Waals surface area contributed by atoms with E-state index in [4.69, 9.17) is 22.1 Å². The number of imidazole rings is 1. The molecule has 3 rings (SSSR count). The van der Waals surface area contributed by atoms with Crippen molar-refractivity contribution < 1.29 is 9.53 Å². The number of fused-ring (bicyclic) bond motifs is 1. The van der Waals surface area contributed by atoms with Crippen molar-refractivity contribution in [3.05, 3.63) is 40.9 Å². The first-order valence-corrected chi connectivity index (χ1v) is 6.32. The van der Waals surface area contributed by atoms with Gasteiger partial charge in [0.1, 0.15) is 12.1 Å². The second-order valence-corrected chi connectivity index (χ2v) is 4.76. The highest BCUT2D eigenvalue weighted by Gasteiger charge is 2.24. The summed E-state index contributed by atoms with van der Waals surface area (Å²) in [6, 6.07) is 1.56. The van der Waals surface area contributed by atoms with Crippen molar-refractivity contribution >= 4 is 23.2 Å². The lowest BCUT2D eigenvalue weighted by Gasteiger charge is -2.22. The van der Waals surface area contributed by atoms with Crippen molar-refractivity contribution in [2.45, 2.75) is 12.8 Å². The topological polar surface area (TPSA) is 70.1 Å². The molecule has 0 spiro atoms. The molecule has 5 nitrogen and oxygen atoms in total. The van der Waals surface area contributed by atoms with E-state index in [-0.39, 0.29) is 5.91 Å². The third kappa shape index (κ3) is 1.96. The quantitative estimate of drug-likeness (QED) is 0.811. The second-order valence-electron chi connectivity index (χ2n) is 4.35. The predicted octanol–water partition coefficient (Wildman–Crippen LogP) is 2.13. The van der Waals surface area contributed by atoms with Crippen molar-refractivity contribution in [1.82, 2.24) is 9.55 Å². The number of carbonyl (C=O) groups is 1. The van der Waals surface area contributed by atoms with Gasteiger partial charge in [0.2, 0.25) is 0 Å². The molecule has 1 aliphatic heterocycles. The Kier molecular flexibility index (Phi) is 2.91. The van der Waals surface area contributed by atoms with Gasteiger partial charge in [0.25, 0.3) is 5.91 Å². The van der Waals surface area contributed by atoms with Crippen molar-refractivity contribution in [1.29, 1.82) is 0 Å². The molecule has 0 fully saturated rings. The van der Waals surface area contributed by atoms with E-state index in [1.807, 2.05) is 0 Å². The van der Waals surface area contributed by atoms with Crippen LogP contribution in [0.1, 0.15) is 22.3 Å². The van der Waals surface area contributed by atoms with Gasteiger partial charge in [0, 0.05) is 18.0 Å². The average molecular weight is 278 g/mol. The fourth-order valence-electron chi connectivity index (χ4n) is 2.21. The molecule has 0 unspecified atom stereocenters. The number of hydrogen-bond donors (Lipinski definition) is 1. The van der Waals surface area contributed by atoms with E-state index < -0.39 is 0 Å². The molecular weight excluding hydrogens is 266 g/mol. The Morgan fingerprint density at radius 3 is 3.11 bits per heavy atom. The molecule has 0 bridgehead atoms. The van der Waals surface area contributed by atoms with Crippen LogP contribution in [0.5, 0.6) is 5.75 Å². The van der Waals surface area contributed by atoms with Gasteiger partial charge in [-0.25, -0.2) is 4.98 Å². The van der Waals surface area contributed by atoms with Crippen molar-refractivity contribution in [2.75, 3.05) is 12.3 Å². The SMILES string of the molecule is Nc1c(Cl)cc(C(=O)n2ccnc2)c2c1CCCO2. The molecule has 0 saturated heterocycles. The summed E-state index contributed by atoms with van der Waals surface area (Å²) in [5.41, 5.74) is 7.69. The fraction of sp³-hybridized carbons (Fsp3) is 0.231. The van der Waals surface area contributed by atoms with Crippen LogP contribution in [0.3, 0.4) is 0 Å². The molecule has 0 atom stereocenters. The number of rotatable bonds is 1. The van der Waals surface area contributed by atoms with Gasteiger partial charge in [0.15, 0.2) is 0 Å². The van der Waals surface area contributed by atoms with Gasteiger partial charge in [0.05, 0.1) is 22.9 Å². The van der Waals surface area contributed by atoms with Crippen LogP contribution in [-0.2, 0) is 6.42 Å². The lowest BCUT2D eigenvalue weighted by molar-refractivity contribution is 0.0954. The van der Waals surface area contributed by atoms with E-state index >= 15 is 0 Å². The van der Waals surface area contributed by atoms with Gasteiger partial charge < -0.3 is 10.5 Å². The highest BCUT2D eigenvalue weighted by molar-refractivity contribution is 6.33. The maximum atomic E-state index is 12.4. The lowest BCUT2D eigenvalue weighted by Crippen LogP contribution is -2.18. The zero-order valence-electron chi connectivity index (χ0n) is 10.1. The maximum Gasteiger partial charge on any atom is 0.266 e. The van der Waals surface area contributed by atoms with Crippen LogP contribution in [0.4, 0.5) is 5.69 Å². The van der Waals surface area contributed by atoms with E-state index in [0.717, 1.165) is 18.4 Å². The molecule has 0 radical (unpaired) electrons. The van der Waals surface area contributed by atoms with Gasteiger partial charge in [-0.15, -0.1) is 0 Å². The monoisotopic (exact) mass is 277 g/mol. The number of nitrogens with zero attached hydrogens (tertiary/aromatic N) is 2. The van der Waals surface area contributed by atoms with E-state index in [1.165, 1.54) is 10.9 Å². The zero-order chi connectivity index (χ0) is 13.4. The highest BCUT2D eigenvalue weighted by atomic mass is 35.5. The smallest absolute Gasteiger partial charge is 0.266 e. The summed E-state index contributed by atoms with van der Waals surface area (Å²) in [5.74, 6) is 0.324. The number of benzene rings is 1. The molecule has 2 aromatic rings. The van der Waals surface area contributed by atoms with Crippen molar-refractivity contribution in [3.8, 4) is 5.75 Å². The Morgan fingerprint density at radius 2 is 2.37 bits per heavy atom. The number of ether oxygens (including phenoxy) is 1. The Hall–Kier alpha value is -2.01. The molecule has 2 heterocycles.